The van der Waals surface area contributed by atoms with Crippen LogP contribution in [0.1, 0.15) is 23.6 Å². The number of likely N-dealkylation sites (N-methyl/N-ethyl adjacent to an activating group) is 1. The van der Waals surface area contributed by atoms with Crippen LogP contribution in [0.2, 0.25) is 0 Å². The summed E-state index contributed by atoms with van der Waals surface area (Å²) in [5.74, 6) is 0.421. The molecule has 0 heterocycles. The summed E-state index contributed by atoms with van der Waals surface area (Å²) in [6.07, 6.45) is -0.613. The zero-order valence-corrected chi connectivity index (χ0v) is 13.6. The summed E-state index contributed by atoms with van der Waals surface area (Å²) >= 11 is 0. The fraction of sp³-hybridized carbons (Fsp3) is 0.263. The number of aryl methyl sites for hydroxylation is 1. The minimum absolute atomic E-state index is 0.101. The van der Waals surface area contributed by atoms with E-state index in [1.54, 1.807) is 43.1 Å². The highest BCUT2D eigenvalue weighted by Crippen LogP contribution is 2.16. The Morgan fingerprint density at radius 2 is 2.00 bits per heavy atom. The van der Waals surface area contributed by atoms with Crippen molar-refractivity contribution in [3.05, 3.63) is 65.2 Å². The highest BCUT2D eigenvalue weighted by Gasteiger charge is 2.19. The Balaban J connectivity index is 2.01. The topological polar surface area (TPSA) is 53.3 Å². The molecule has 2 aromatic rings. The summed E-state index contributed by atoms with van der Waals surface area (Å²) in [6, 6.07) is 16.9. The van der Waals surface area contributed by atoms with Crippen LogP contribution in [0.15, 0.2) is 48.5 Å². The number of carbonyl (C=O) groups is 1. The van der Waals surface area contributed by atoms with E-state index in [0.717, 1.165) is 11.1 Å². The fourth-order valence-corrected chi connectivity index (χ4v) is 2.32. The van der Waals surface area contributed by atoms with E-state index in [4.69, 9.17) is 10.00 Å². The number of hydrogen-bond donors (Lipinski definition) is 0. The zero-order valence-electron chi connectivity index (χ0n) is 13.6. The summed E-state index contributed by atoms with van der Waals surface area (Å²) < 4.78 is 5.67. The van der Waals surface area contributed by atoms with E-state index in [-0.39, 0.29) is 5.91 Å². The third-order valence-corrected chi connectivity index (χ3v) is 3.67. The predicted molar refractivity (Wildman–Crippen MR) is 88.9 cm³/mol. The summed E-state index contributed by atoms with van der Waals surface area (Å²) in [5.41, 5.74) is 2.78. The standard InChI is InChI=1S/C19H20N2O2/c1-14-7-4-5-9-17(14)13-21(3)19(22)15(2)23-18-10-6-8-16(11-18)12-20/h4-11,15H,13H2,1-3H3. The molecule has 0 radical (unpaired) electrons. The number of nitrogens with zero attached hydrogens (tertiary/aromatic N) is 2. The normalized spacial score (nSPS) is 11.4. The maximum Gasteiger partial charge on any atom is 0.263 e. The van der Waals surface area contributed by atoms with Gasteiger partial charge in [-0.2, -0.15) is 5.26 Å². The van der Waals surface area contributed by atoms with Crippen LogP contribution < -0.4 is 4.74 Å². The molecule has 0 saturated carbocycles. The third-order valence-electron chi connectivity index (χ3n) is 3.67. The maximum atomic E-state index is 12.5. The number of amides is 1. The van der Waals surface area contributed by atoms with Crippen molar-refractivity contribution in [2.45, 2.75) is 26.5 Å². The Bertz CT molecular complexity index is 734. The van der Waals surface area contributed by atoms with Crippen molar-refractivity contribution < 1.29 is 9.53 Å². The number of hydrogen-bond acceptors (Lipinski definition) is 3. The minimum atomic E-state index is -0.613. The molecule has 2 rings (SSSR count). The molecule has 0 aliphatic carbocycles. The van der Waals surface area contributed by atoms with Gasteiger partial charge in [0, 0.05) is 13.6 Å². The van der Waals surface area contributed by atoms with Crippen LogP contribution in [0.4, 0.5) is 0 Å². The quantitative estimate of drug-likeness (QED) is 0.851. The number of benzene rings is 2. The van der Waals surface area contributed by atoms with E-state index < -0.39 is 6.10 Å². The molecule has 1 amide bonds. The molecule has 0 aliphatic heterocycles. The van der Waals surface area contributed by atoms with Crippen molar-refractivity contribution in [1.82, 2.24) is 4.90 Å². The largest absolute Gasteiger partial charge is 0.481 e. The van der Waals surface area contributed by atoms with Gasteiger partial charge in [0.1, 0.15) is 5.75 Å². The summed E-state index contributed by atoms with van der Waals surface area (Å²) in [6.45, 7) is 4.29. The first-order chi connectivity index (χ1) is 11.0. The summed E-state index contributed by atoms with van der Waals surface area (Å²) in [5, 5.41) is 8.90. The molecule has 0 N–H and O–H groups in total. The third kappa shape index (κ3) is 4.33. The summed E-state index contributed by atoms with van der Waals surface area (Å²) in [4.78, 5) is 14.1. The SMILES string of the molecule is Cc1ccccc1CN(C)C(=O)C(C)Oc1cccc(C#N)c1. The minimum Gasteiger partial charge on any atom is -0.481 e. The van der Waals surface area contributed by atoms with Crippen LogP contribution in [0.5, 0.6) is 5.75 Å². The van der Waals surface area contributed by atoms with E-state index in [0.29, 0.717) is 17.9 Å². The van der Waals surface area contributed by atoms with Gasteiger partial charge in [-0.1, -0.05) is 30.3 Å². The Kier molecular flexibility index (Phi) is 5.37. The Labute approximate surface area is 136 Å². The molecule has 118 valence electrons. The van der Waals surface area contributed by atoms with Crippen molar-refractivity contribution in [2.75, 3.05) is 7.05 Å². The van der Waals surface area contributed by atoms with Gasteiger partial charge in [-0.3, -0.25) is 4.79 Å². The molecule has 4 nitrogen and oxygen atoms in total. The molecule has 0 fully saturated rings. The van der Waals surface area contributed by atoms with Gasteiger partial charge in [0.2, 0.25) is 0 Å². The lowest BCUT2D eigenvalue weighted by Crippen LogP contribution is -2.37. The second kappa shape index (κ2) is 7.46. The molecule has 23 heavy (non-hydrogen) atoms. The van der Waals surface area contributed by atoms with Gasteiger partial charge in [0.25, 0.3) is 5.91 Å². The molecule has 0 aliphatic rings. The van der Waals surface area contributed by atoms with Crippen LogP contribution >= 0.6 is 0 Å². The molecule has 1 atom stereocenters. The molecule has 0 aromatic heterocycles. The van der Waals surface area contributed by atoms with E-state index in [9.17, 15) is 4.79 Å². The summed E-state index contributed by atoms with van der Waals surface area (Å²) in [7, 11) is 1.76. The second-order valence-corrected chi connectivity index (χ2v) is 5.52. The lowest BCUT2D eigenvalue weighted by Gasteiger charge is -2.23. The first kappa shape index (κ1) is 16.6. The first-order valence-electron chi connectivity index (χ1n) is 7.47. The Morgan fingerprint density at radius 1 is 1.26 bits per heavy atom. The van der Waals surface area contributed by atoms with Gasteiger partial charge in [0.05, 0.1) is 11.6 Å². The molecule has 0 saturated heterocycles. The molecule has 2 aromatic carbocycles. The van der Waals surface area contributed by atoms with Gasteiger partial charge in [-0.25, -0.2) is 0 Å². The molecular weight excluding hydrogens is 288 g/mol. The van der Waals surface area contributed by atoms with Gasteiger partial charge in [-0.15, -0.1) is 0 Å². The molecule has 0 bridgehead atoms. The van der Waals surface area contributed by atoms with Crippen LogP contribution in [0.25, 0.3) is 0 Å². The molecular formula is C19H20N2O2. The first-order valence-corrected chi connectivity index (χ1v) is 7.47. The van der Waals surface area contributed by atoms with Gasteiger partial charge in [0.15, 0.2) is 6.10 Å². The van der Waals surface area contributed by atoms with Crippen molar-refractivity contribution >= 4 is 5.91 Å². The number of carbonyl (C=O) groups excluding carboxylic acids is 1. The highest BCUT2D eigenvalue weighted by molar-refractivity contribution is 5.80. The van der Waals surface area contributed by atoms with E-state index in [1.165, 1.54) is 0 Å². The predicted octanol–water partition coefficient (Wildman–Crippen LogP) is 3.29. The highest BCUT2D eigenvalue weighted by atomic mass is 16.5. The average molecular weight is 308 g/mol. The zero-order chi connectivity index (χ0) is 16.8. The van der Waals surface area contributed by atoms with Crippen molar-refractivity contribution in [2.24, 2.45) is 0 Å². The Hall–Kier alpha value is -2.80. The molecule has 4 heteroatoms. The number of rotatable bonds is 5. The van der Waals surface area contributed by atoms with E-state index in [1.807, 2.05) is 31.2 Å². The maximum absolute atomic E-state index is 12.5. The molecule has 0 spiro atoms. The smallest absolute Gasteiger partial charge is 0.263 e. The fourth-order valence-electron chi connectivity index (χ4n) is 2.32. The van der Waals surface area contributed by atoms with Crippen molar-refractivity contribution in [3.63, 3.8) is 0 Å². The van der Waals surface area contributed by atoms with Gasteiger partial charge >= 0.3 is 0 Å². The van der Waals surface area contributed by atoms with Crippen LogP contribution in [-0.2, 0) is 11.3 Å². The number of ether oxygens (including phenoxy) is 1. The van der Waals surface area contributed by atoms with E-state index in [2.05, 4.69) is 6.07 Å². The van der Waals surface area contributed by atoms with E-state index >= 15 is 0 Å². The lowest BCUT2D eigenvalue weighted by atomic mass is 10.1. The lowest BCUT2D eigenvalue weighted by molar-refractivity contribution is -0.137. The number of nitriles is 1. The molecule has 1 unspecified atom stereocenters. The monoisotopic (exact) mass is 308 g/mol. The second-order valence-electron chi connectivity index (χ2n) is 5.52. The van der Waals surface area contributed by atoms with Gasteiger partial charge < -0.3 is 9.64 Å². The van der Waals surface area contributed by atoms with Crippen LogP contribution in [0.3, 0.4) is 0 Å². The van der Waals surface area contributed by atoms with Crippen LogP contribution in [-0.4, -0.2) is 24.0 Å². The Morgan fingerprint density at radius 3 is 2.70 bits per heavy atom. The van der Waals surface area contributed by atoms with Crippen molar-refractivity contribution in [3.8, 4) is 11.8 Å². The van der Waals surface area contributed by atoms with Crippen molar-refractivity contribution in [1.29, 1.82) is 5.26 Å². The average Bonchev–Trinajstić information content (AvgIpc) is 2.56. The van der Waals surface area contributed by atoms with Crippen LogP contribution in [0, 0.1) is 18.3 Å². The van der Waals surface area contributed by atoms with Gasteiger partial charge in [-0.05, 0) is 43.2 Å².